The number of methoxy groups -OCH3 is 1. The average Bonchev–Trinajstić information content (AvgIpc) is 2.50. The van der Waals surface area contributed by atoms with Gasteiger partial charge in [0.25, 0.3) is 0 Å². The number of halogens is 2. The first-order valence-corrected chi connectivity index (χ1v) is 7.13. The van der Waals surface area contributed by atoms with Crippen molar-refractivity contribution in [1.29, 1.82) is 0 Å². The van der Waals surface area contributed by atoms with Crippen LogP contribution in [0.1, 0.15) is 21.6 Å². The molecule has 0 aliphatic heterocycles. The highest BCUT2D eigenvalue weighted by molar-refractivity contribution is 6.36. The Balaban J connectivity index is 2.74. The summed E-state index contributed by atoms with van der Waals surface area (Å²) < 4.78 is 4.67. The first kappa shape index (κ1) is 16.4. The van der Waals surface area contributed by atoms with Gasteiger partial charge in [0.05, 0.1) is 23.5 Å². The molecular formula is C15H15Cl2N3O2. The van der Waals surface area contributed by atoms with Gasteiger partial charge in [-0.3, -0.25) is 0 Å². The number of carbonyl (C=O) groups excluding carboxylic acids is 1. The summed E-state index contributed by atoms with van der Waals surface area (Å²) in [6, 6.07) is 3.36. The number of nitrogens with two attached hydrogens (primary N) is 2. The zero-order valence-corrected chi connectivity index (χ0v) is 13.8. The number of hydrogen-bond donors (Lipinski definition) is 2. The van der Waals surface area contributed by atoms with Gasteiger partial charge in [-0.15, -0.1) is 0 Å². The number of pyridine rings is 1. The summed E-state index contributed by atoms with van der Waals surface area (Å²) in [6.45, 7) is 3.67. The molecule has 0 saturated carbocycles. The van der Waals surface area contributed by atoms with Crippen molar-refractivity contribution in [3.8, 4) is 11.3 Å². The third-order valence-corrected chi connectivity index (χ3v) is 4.35. The minimum Gasteiger partial charge on any atom is -0.464 e. The fourth-order valence-corrected chi connectivity index (χ4v) is 2.43. The Labute approximate surface area is 138 Å². The zero-order chi connectivity index (χ0) is 16.6. The lowest BCUT2D eigenvalue weighted by Gasteiger charge is -2.14. The molecule has 0 fully saturated rings. The van der Waals surface area contributed by atoms with E-state index >= 15 is 0 Å². The molecule has 2 rings (SSSR count). The lowest BCUT2D eigenvalue weighted by Crippen LogP contribution is -2.08. The van der Waals surface area contributed by atoms with Crippen LogP contribution in [0.2, 0.25) is 10.0 Å². The predicted molar refractivity (Wildman–Crippen MR) is 89.3 cm³/mol. The van der Waals surface area contributed by atoms with Crippen molar-refractivity contribution in [1.82, 2.24) is 4.98 Å². The van der Waals surface area contributed by atoms with Gasteiger partial charge in [0.2, 0.25) is 0 Å². The molecule has 1 aromatic heterocycles. The highest BCUT2D eigenvalue weighted by Crippen LogP contribution is 2.36. The van der Waals surface area contributed by atoms with E-state index in [1.165, 1.54) is 7.11 Å². The number of hydrogen-bond acceptors (Lipinski definition) is 5. The number of benzene rings is 1. The number of aryl methyl sites for hydroxylation is 1. The number of carbonyl (C=O) groups is 1. The van der Waals surface area contributed by atoms with Crippen LogP contribution in [0.5, 0.6) is 0 Å². The number of nitrogen functional groups attached to an aromatic ring is 2. The summed E-state index contributed by atoms with van der Waals surface area (Å²) in [6.07, 6.45) is 0. The quantitative estimate of drug-likeness (QED) is 0.643. The Morgan fingerprint density at radius 1 is 1.18 bits per heavy atom. The third-order valence-electron chi connectivity index (χ3n) is 3.37. The van der Waals surface area contributed by atoms with Gasteiger partial charge in [0.15, 0.2) is 5.69 Å². The van der Waals surface area contributed by atoms with Crippen LogP contribution in [-0.2, 0) is 4.74 Å². The molecule has 22 heavy (non-hydrogen) atoms. The Morgan fingerprint density at radius 3 is 2.41 bits per heavy atom. The number of ether oxygens (including phenoxy) is 1. The second kappa shape index (κ2) is 6.02. The summed E-state index contributed by atoms with van der Waals surface area (Å²) in [5.41, 5.74) is 15.3. The topological polar surface area (TPSA) is 91.2 Å². The monoisotopic (exact) mass is 339 g/mol. The van der Waals surface area contributed by atoms with E-state index in [9.17, 15) is 4.79 Å². The molecule has 0 amide bonds. The molecule has 0 aliphatic carbocycles. The van der Waals surface area contributed by atoms with E-state index in [1.54, 1.807) is 12.1 Å². The van der Waals surface area contributed by atoms with E-state index in [1.807, 2.05) is 13.8 Å². The van der Waals surface area contributed by atoms with Gasteiger partial charge in [-0.25, -0.2) is 9.78 Å². The van der Waals surface area contributed by atoms with Gasteiger partial charge >= 0.3 is 5.97 Å². The summed E-state index contributed by atoms with van der Waals surface area (Å²) in [4.78, 5) is 16.0. The summed E-state index contributed by atoms with van der Waals surface area (Å²) in [5, 5.41) is 0.646. The molecule has 0 atom stereocenters. The Morgan fingerprint density at radius 2 is 1.82 bits per heavy atom. The van der Waals surface area contributed by atoms with E-state index in [4.69, 9.17) is 34.7 Å². The van der Waals surface area contributed by atoms with Crippen LogP contribution in [0, 0.1) is 13.8 Å². The molecule has 0 saturated heterocycles. The first-order valence-electron chi connectivity index (χ1n) is 6.37. The van der Waals surface area contributed by atoms with Crippen LogP contribution in [0.15, 0.2) is 12.1 Å². The highest BCUT2D eigenvalue weighted by Gasteiger charge is 2.19. The molecule has 2 aromatic rings. The van der Waals surface area contributed by atoms with E-state index in [2.05, 4.69) is 9.72 Å². The van der Waals surface area contributed by atoms with E-state index < -0.39 is 5.97 Å². The Bertz CT molecular complexity index is 776. The van der Waals surface area contributed by atoms with E-state index in [0.29, 0.717) is 22.0 Å². The molecule has 1 aromatic carbocycles. The minimum atomic E-state index is -0.667. The number of rotatable bonds is 2. The molecular weight excluding hydrogens is 325 g/mol. The van der Waals surface area contributed by atoms with Crippen LogP contribution in [-0.4, -0.2) is 18.1 Å². The molecule has 0 aliphatic rings. The molecule has 7 heteroatoms. The van der Waals surface area contributed by atoms with Crippen molar-refractivity contribution in [3.63, 3.8) is 0 Å². The third kappa shape index (κ3) is 2.69. The first-order chi connectivity index (χ1) is 10.3. The summed E-state index contributed by atoms with van der Waals surface area (Å²) in [7, 11) is 1.24. The van der Waals surface area contributed by atoms with Crippen molar-refractivity contribution in [2.45, 2.75) is 13.8 Å². The van der Waals surface area contributed by atoms with Gasteiger partial charge in [-0.1, -0.05) is 23.2 Å². The minimum absolute atomic E-state index is 0.0520. The van der Waals surface area contributed by atoms with Gasteiger partial charge in [-0.2, -0.15) is 0 Å². The standard InChI is InChI=1S/C15H15Cl2N3O2/c1-6-4-8(13(19)7(2)11(6)16)10-5-9(18)12(17)14(20-10)15(21)22-3/h4-5H,19H2,1-3H3,(H2,18,20). The fourth-order valence-electron chi connectivity index (χ4n) is 2.10. The molecule has 0 bridgehead atoms. The van der Waals surface area contributed by atoms with Crippen LogP contribution < -0.4 is 11.5 Å². The number of aromatic nitrogens is 1. The van der Waals surface area contributed by atoms with Crippen molar-refractivity contribution < 1.29 is 9.53 Å². The SMILES string of the molecule is COC(=O)c1nc(-c2cc(C)c(Cl)c(C)c2N)cc(N)c1Cl. The van der Waals surface area contributed by atoms with Crippen LogP contribution >= 0.6 is 23.2 Å². The molecule has 1 heterocycles. The van der Waals surface area contributed by atoms with Gasteiger partial charge in [0.1, 0.15) is 0 Å². The maximum absolute atomic E-state index is 11.8. The van der Waals surface area contributed by atoms with Gasteiger partial charge < -0.3 is 16.2 Å². The maximum Gasteiger partial charge on any atom is 0.358 e. The average molecular weight is 340 g/mol. The van der Waals surface area contributed by atoms with Gasteiger partial charge in [0, 0.05) is 16.3 Å². The van der Waals surface area contributed by atoms with E-state index in [-0.39, 0.29) is 16.4 Å². The molecule has 5 nitrogen and oxygen atoms in total. The summed E-state index contributed by atoms with van der Waals surface area (Å²) in [5.74, 6) is -0.667. The van der Waals surface area contributed by atoms with Gasteiger partial charge in [-0.05, 0) is 37.1 Å². The second-order valence-corrected chi connectivity index (χ2v) is 5.60. The highest BCUT2D eigenvalue weighted by atomic mass is 35.5. The molecule has 116 valence electrons. The number of anilines is 2. The summed E-state index contributed by atoms with van der Waals surface area (Å²) >= 11 is 12.2. The predicted octanol–water partition coefficient (Wildman–Crippen LogP) is 3.62. The lowest BCUT2D eigenvalue weighted by molar-refractivity contribution is 0.0594. The molecule has 0 radical (unpaired) electrons. The van der Waals surface area contributed by atoms with Crippen molar-refractivity contribution >= 4 is 40.5 Å². The molecule has 4 N–H and O–H groups in total. The van der Waals surface area contributed by atoms with Crippen molar-refractivity contribution in [3.05, 3.63) is 39.0 Å². The normalized spacial score (nSPS) is 10.6. The molecule has 0 unspecified atom stereocenters. The largest absolute Gasteiger partial charge is 0.464 e. The zero-order valence-electron chi connectivity index (χ0n) is 12.3. The van der Waals surface area contributed by atoms with Crippen LogP contribution in [0.4, 0.5) is 11.4 Å². The Hall–Kier alpha value is -1.98. The molecule has 0 spiro atoms. The van der Waals surface area contributed by atoms with Crippen LogP contribution in [0.3, 0.4) is 0 Å². The second-order valence-electron chi connectivity index (χ2n) is 4.84. The number of esters is 1. The maximum atomic E-state index is 11.8. The Kier molecular flexibility index (Phi) is 4.49. The number of nitrogens with zero attached hydrogens (tertiary/aromatic N) is 1. The van der Waals surface area contributed by atoms with Crippen molar-refractivity contribution in [2.24, 2.45) is 0 Å². The fraction of sp³-hybridized carbons (Fsp3) is 0.200. The van der Waals surface area contributed by atoms with E-state index in [0.717, 1.165) is 11.1 Å². The lowest BCUT2D eigenvalue weighted by atomic mass is 10.0. The smallest absolute Gasteiger partial charge is 0.358 e. The van der Waals surface area contributed by atoms with Crippen LogP contribution in [0.25, 0.3) is 11.3 Å². The van der Waals surface area contributed by atoms with Crippen molar-refractivity contribution in [2.75, 3.05) is 18.6 Å².